The molecule has 7 heteroatoms. The fourth-order valence-corrected chi connectivity index (χ4v) is 8.75. The Kier molecular flexibility index (Phi) is 24.5. The summed E-state index contributed by atoms with van der Waals surface area (Å²) in [5.41, 5.74) is 11.9. The maximum Gasteiger partial charge on any atom is 0.530 e. The van der Waals surface area contributed by atoms with Crippen LogP contribution in [0.15, 0.2) is 136 Å². The molecule has 0 saturated heterocycles. The molecule has 348 valence electrons. The highest BCUT2D eigenvalue weighted by molar-refractivity contribution is 7.49. The molecule has 0 radical (unpaired) electrons. The second kappa shape index (κ2) is 29.1. The molecule has 64 heavy (non-hydrogen) atoms. The number of esters is 1. The Balaban J connectivity index is 1.58. The van der Waals surface area contributed by atoms with Crippen LogP contribution in [0, 0.1) is 6.92 Å². The van der Waals surface area contributed by atoms with Crippen LogP contribution < -0.4 is 9.26 Å². The highest BCUT2D eigenvalue weighted by atomic mass is 31.2. The fourth-order valence-electron chi connectivity index (χ4n) is 7.48. The summed E-state index contributed by atoms with van der Waals surface area (Å²) in [6.07, 6.45) is 30.0. The summed E-state index contributed by atoms with van der Waals surface area (Å²) in [7, 11) is -3.92. The molecule has 0 amide bonds. The second-order valence-electron chi connectivity index (χ2n) is 17.5. The highest BCUT2D eigenvalue weighted by Crippen LogP contribution is 2.53. The van der Waals surface area contributed by atoms with Crippen molar-refractivity contribution in [1.82, 2.24) is 0 Å². The average molecular weight is 891 g/mol. The fraction of sp³-hybridized carbons (Fsp3) is 0.456. The minimum atomic E-state index is -3.92. The maximum absolute atomic E-state index is 13.7. The van der Waals surface area contributed by atoms with Gasteiger partial charge >= 0.3 is 13.8 Å². The zero-order chi connectivity index (χ0) is 46.9. The van der Waals surface area contributed by atoms with E-state index in [9.17, 15) is 9.36 Å². The number of phosphoric ester groups is 1. The molecule has 0 atom stereocenters. The van der Waals surface area contributed by atoms with Crippen LogP contribution in [0.2, 0.25) is 0 Å². The van der Waals surface area contributed by atoms with Crippen molar-refractivity contribution in [3.05, 3.63) is 153 Å². The normalized spacial score (nSPS) is 13.4. The minimum absolute atomic E-state index is 0.160. The van der Waals surface area contributed by atoms with Gasteiger partial charge in [0.2, 0.25) is 0 Å². The van der Waals surface area contributed by atoms with Crippen LogP contribution >= 0.6 is 7.82 Å². The Morgan fingerprint density at radius 2 is 0.891 bits per heavy atom. The van der Waals surface area contributed by atoms with E-state index in [1.165, 1.54) is 45.4 Å². The van der Waals surface area contributed by atoms with E-state index >= 15 is 0 Å². The molecular formula is C57H79O6P. The van der Waals surface area contributed by atoms with E-state index in [1.54, 1.807) is 26.0 Å². The molecule has 0 saturated carbocycles. The molecule has 0 aliphatic rings. The van der Waals surface area contributed by atoms with Crippen LogP contribution in [0.25, 0.3) is 10.8 Å². The molecule has 0 fully saturated rings. The largest absolute Gasteiger partial charge is 0.530 e. The van der Waals surface area contributed by atoms with E-state index in [0.717, 1.165) is 76.2 Å². The van der Waals surface area contributed by atoms with Crippen LogP contribution in [0.5, 0.6) is 11.5 Å². The van der Waals surface area contributed by atoms with Crippen molar-refractivity contribution in [3.8, 4) is 11.5 Å². The number of carbonyl (C=O) groups is 1. The number of hydrogen-bond acceptors (Lipinski definition) is 6. The molecule has 0 aromatic heterocycles. The van der Waals surface area contributed by atoms with Gasteiger partial charge in [0.25, 0.3) is 0 Å². The lowest BCUT2D eigenvalue weighted by molar-refractivity contribution is 0.0735. The number of hydrogen-bond donors (Lipinski definition) is 0. The summed E-state index contributed by atoms with van der Waals surface area (Å²) in [4.78, 5) is 13.5. The molecule has 6 nitrogen and oxygen atoms in total. The molecule has 0 heterocycles. The van der Waals surface area contributed by atoms with Crippen LogP contribution in [-0.2, 0) is 20.0 Å². The molecular weight excluding hydrogens is 812 g/mol. The molecule has 3 aromatic rings. The monoisotopic (exact) mass is 891 g/mol. The van der Waals surface area contributed by atoms with Crippen molar-refractivity contribution >= 4 is 24.6 Å². The summed E-state index contributed by atoms with van der Waals surface area (Å²) in [6, 6.07) is 16.5. The van der Waals surface area contributed by atoms with Gasteiger partial charge < -0.3 is 9.26 Å². The van der Waals surface area contributed by atoms with Gasteiger partial charge in [0.15, 0.2) is 0 Å². The molecule has 3 aromatic carbocycles. The number of fused-ring (bicyclic) bond motifs is 1. The lowest BCUT2D eigenvalue weighted by Gasteiger charge is -2.23. The number of allylic oxidation sites excluding steroid dienone is 14. The van der Waals surface area contributed by atoms with Gasteiger partial charge in [-0.25, -0.2) is 9.36 Å². The predicted octanol–water partition coefficient (Wildman–Crippen LogP) is 17.8. The zero-order valence-electron chi connectivity index (χ0n) is 41.2. The predicted molar refractivity (Wildman–Crippen MR) is 273 cm³/mol. The van der Waals surface area contributed by atoms with Gasteiger partial charge in [-0.15, -0.1) is 0 Å². The van der Waals surface area contributed by atoms with Crippen LogP contribution in [-0.4, -0.2) is 19.2 Å². The minimum Gasteiger partial charge on any atom is -0.422 e. The van der Waals surface area contributed by atoms with E-state index in [2.05, 4.69) is 97.9 Å². The van der Waals surface area contributed by atoms with E-state index in [0.29, 0.717) is 39.8 Å². The number of phosphoric acid groups is 1. The standard InChI is InChI=1S/C57H79O6P/c1-12-60-64(59,61-13-2)63-55-50(11)52(56(54-40-18-17-39-53(54)55)62-57(58)51-37-15-14-16-38-51)42-41-49(10)36-24-35-48(9)34-23-33-47(8)32-22-31-46(7)30-21-29-45(6)28-20-27-44(5)26-19-25-43(3)4/h14-18,25,27,29,31,33,35,37-41H,12-13,19-24,26,28,30,32,34,36,42H2,1-11H3. The van der Waals surface area contributed by atoms with Gasteiger partial charge in [0, 0.05) is 16.3 Å². The van der Waals surface area contributed by atoms with Crippen molar-refractivity contribution in [2.24, 2.45) is 0 Å². The van der Waals surface area contributed by atoms with Gasteiger partial charge in [-0.2, -0.15) is 0 Å². The summed E-state index contributed by atoms with van der Waals surface area (Å²) >= 11 is 0. The van der Waals surface area contributed by atoms with E-state index in [-0.39, 0.29) is 13.2 Å². The van der Waals surface area contributed by atoms with Gasteiger partial charge in [-0.1, -0.05) is 124 Å². The smallest absolute Gasteiger partial charge is 0.422 e. The lowest BCUT2D eigenvalue weighted by atomic mass is 9.95. The number of ether oxygens (including phenoxy) is 1. The van der Waals surface area contributed by atoms with Crippen molar-refractivity contribution in [3.63, 3.8) is 0 Å². The molecule has 0 unspecified atom stereocenters. The van der Waals surface area contributed by atoms with Gasteiger partial charge in [-0.3, -0.25) is 9.05 Å². The maximum atomic E-state index is 13.7. The molecule has 0 aliphatic heterocycles. The molecule has 0 bridgehead atoms. The topological polar surface area (TPSA) is 71.1 Å². The molecule has 0 spiro atoms. The summed E-state index contributed by atoms with van der Waals surface area (Å²) in [6.45, 7) is 23.5. The molecule has 3 rings (SSSR count). The first kappa shape index (κ1) is 53.9. The SMILES string of the molecule is CCOP(=O)(OCC)Oc1c(C)c(CC=C(C)CCC=C(C)CCC=C(C)CCC=C(C)CCC=C(C)CCC=C(C)CCC=C(C)C)c(OC(=O)c2ccccc2)c2ccccc12. The Morgan fingerprint density at radius 1 is 0.516 bits per heavy atom. The third-order valence-corrected chi connectivity index (χ3v) is 12.9. The van der Waals surface area contributed by atoms with Crippen LogP contribution in [0.1, 0.15) is 168 Å². The second-order valence-corrected chi connectivity index (χ2v) is 19.1. The average Bonchev–Trinajstić information content (AvgIpc) is 3.25. The van der Waals surface area contributed by atoms with E-state index in [1.807, 2.05) is 49.4 Å². The number of benzene rings is 3. The van der Waals surface area contributed by atoms with Gasteiger partial charge in [-0.05, 0) is 177 Å². The van der Waals surface area contributed by atoms with E-state index in [4.69, 9.17) is 18.3 Å². The first-order chi connectivity index (χ1) is 30.7. The molecule has 0 aliphatic carbocycles. The summed E-state index contributed by atoms with van der Waals surface area (Å²) < 4.78 is 37.1. The summed E-state index contributed by atoms with van der Waals surface area (Å²) in [5.74, 6) is 0.397. The third-order valence-electron chi connectivity index (χ3n) is 11.4. The van der Waals surface area contributed by atoms with Crippen molar-refractivity contribution in [2.45, 2.75) is 160 Å². The summed E-state index contributed by atoms with van der Waals surface area (Å²) in [5, 5.41) is 1.32. The van der Waals surface area contributed by atoms with Gasteiger partial charge in [0.1, 0.15) is 11.5 Å². The first-order valence-corrected chi connectivity index (χ1v) is 25.1. The number of carbonyl (C=O) groups excluding carboxylic acids is 1. The zero-order valence-corrected chi connectivity index (χ0v) is 42.1. The number of rotatable bonds is 28. The Labute approximate surface area is 387 Å². The first-order valence-electron chi connectivity index (χ1n) is 23.6. The van der Waals surface area contributed by atoms with Gasteiger partial charge in [0.05, 0.1) is 18.8 Å². The Morgan fingerprint density at radius 3 is 1.30 bits per heavy atom. The Bertz CT molecular complexity index is 2200. The molecule has 0 N–H and O–H groups in total. The van der Waals surface area contributed by atoms with Crippen molar-refractivity contribution in [2.75, 3.05) is 13.2 Å². The third kappa shape index (κ3) is 19.7. The highest BCUT2D eigenvalue weighted by Gasteiger charge is 2.31. The lowest BCUT2D eigenvalue weighted by Crippen LogP contribution is -2.12. The van der Waals surface area contributed by atoms with Crippen molar-refractivity contribution < 1.29 is 27.7 Å². The Hall–Kier alpha value is -4.48. The van der Waals surface area contributed by atoms with Crippen molar-refractivity contribution in [1.29, 1.82) is 0 Å². The van der Waals surface area contributed by atoms with E-state index < -0.39 is 13.8 Å². The van der Waals surface area contributed by atoms with Crippen LogP contribution in [0.4, 0.5) is 0 Å². The van der Waals surface area contributed by atoms with Crippen LogP contribution in [0.3, 0.4) is 0 Å². The quantitative estimate of drug-likeness (QED) is 0.0313.